The average Bonchev–Trinajstić information content (AvgIpc) is 2.40. The highest BCUT2D eigenvalue weighted by molar-refractivity contribution is 6.60. The van der Waals surface area contributed by atoms with Crippen molar-refractivity contribution in [3.05, 3.63) is 0 Å². The Balaban J connectivity index is 3.97. The molecule has 0 aromatic heterocycles. The third kappa shape index (κ3) is 9.04. The van der Waals surface area contributed by atoms with Crippen molar-refractivity contribution < 1.29 is 18.1 Å². The molecule has 0 radical (unpaired) electrons. The van der Waals surface area contributed by atoms with Gasteiger partial charge in [-0.05, 0) is 39.9 Å². The van der Waals surface area contributed by atoms with E-state index in [1.165, 1.54) is 6.08 Å². The second-order valence-corrected chi connectivity index (χ2v) is 7.50. The quantitative estimate of drug-likeness (QED) is 0.235. The average molecular weight is 290 g/mol. The van der Waals surface area contributed by atoms with E-state index >= 15 is 0 Å². The molecule has 0 bridgehead atoms. The van der Waals surface area contributed by atoms with Crippen molar-refractivity contribution in [3.8, 4) is 0 Å². The van der Waals surface area contributed by atoms with Crippen molar-refractivity contribution in [2.75, 3.05) is 48.0 Å². The van der Waals surface area contributed by atoms with Crippen LogP contribution in [0.4, 0.5) is 0 Å². The topological polar surface area (TPSA) is 60.4 Å². The van der Waals surface area contributed by atoms with Gasteiger partial charge >= 0.3 is 8.80 Å². The van der Waals surface area contributed by atoms with Crippen LogP contribution in [0.25, 0.3) is 0 Å². The molecular formula is C12H26N2O4Si. The molecule has 0 spiro atoms. The Morgan fingerprint density at radius 3 is 2.37 bits per heavy atom. The molecule has 0 fully saturated rings. The summed E-state index contributed by atoms with van der Waals surface area (Å²) < 4.78 is 16.8. The fraction of sp³-hybridized carbons (Fsp3) is 0.917. The molecule has 0 amide bonds. The Labute approximate surface area is 117 Å². The van der Waals surface area contributed by atoms with Crippen molar-refractivity contribution >= 4 is 14.9 Å². The van der Waals surface area contributed by atoms with E-state index in [1.54, 1.807) is 14.2 Å². The van der Waals surface area contributed by atoms with Crippen molar-refractivity contribution in [2.24, 2.45) is 4.99 Å². The van der Waals surface area contributed by atoms with Crippen molar-refractivity contribution in [1.82, 2.24) is 4.90 Å². The second-order valence-electron chi connectivity index (χ2n) is 4.53. The molecule has 0 aliphatic rings. The fourth-order valence-corrected chi connectivity index (χ4v) is 3.66. The number of rotatable bonds is 12. The Morgan fingerprint density at radius 1 is 1.16 bits per heavy atom. The Kier molecular flexibility index (Phi) is 10.9. The lowest BCUT2D eigenvalue weighted by Crippen LogP contribution is -2.44. The van der Waals surface area contributed by atoms with Gasteiger partial charge < -0.3 is 18.2 Å². The fourth-order valence-electron chi connectivity index (χ4n) is 1.66. The highest BCUT2D eigenvalue weighted by Crippen LogP contribution is 2.16. The van der Waals surface area contributed by atoms with Crippen LogP contribution in [-0.4, -0.2) is 67.8 Å². The van der Waals surface area contributed by atoms with Gasteiger partial charge in [-0.3, -0.25) is 0 Å². The van der Waals surface area contributed by atoms with Gasteiger partial charge in [0.25, 0.3) is 0 Å². The van der Waals surface area contributed by atoms with Crippen LogP contribution in [0.2, 0.25) is 6.04 Å². The van der Waals surface area contributed by atoms with Crippen LogP contribution >= 0.6 is 0 Å². The lowest BCUT2D eigenvalue weighted by atomic mass is 10.3. The second kappa shape index (κ2) is 11.3. The third-order valence-electron chi connectivity index (χ3n) is 2.76. The van der Waals surface area contributed by atoms with Crippen LogP contribution < -0.4 is 0 Å². The molecule has 6 nitrogen and oxygen atoms in total. The smallest absolute Gasteiger partial charge is 0.377 e. The van der Waals surface area contributed by atoms with Gasteiger partial charge in [0.1, 0.15) is 0 Å². The summed E-state index contributed by atoms with van der Waals surface area (Å²) in [6.45, 7) is 2.06. The third-order valence-corrected chi connectivity index (χ3v) is 5.61. The van der Waals surface area contributed by atoms with E-state index < -0.39 is 8.80 Å². The molecule has 0 aromatic carbocycles. The Hall–Kier alpha value is -0.563. The Bertz CT molecular complexity index is 266. The monoisotopic (exact) mass is 290 g/mol. The first-order valence-corrected chi connectivity index (χ1v) is 8.46. The minimum atomic E-state index is -2.51. The van der Waals surface area contributed by atoms with Gasteiger partial charge in [-0.2, -0.15) is 0 Å². The van der Waals surface area contributed by atoms with E-state index in [4.69, 9.17) is 13.3 Å². The number of unbranched alkanes of at least 4 members (excludes halogenated alkanes) is 1. The maximum atomic E-state index is 9.90. The molecule has 0 aliphatic heterocycles. The minimum Gasteiger partial charge on any atom is -0.377 e. The van der Waals surface area contributed by atoms with Crippen LogP contribution in [0, 0.1) is 0 Å². The van der Waals surface area contributed by atoms with Gasteiger partial charge in [-0.15, -0.1) is 0 Å². The first kappa shape index (κ1) is 18.4. The zero-order valence-electron chi connectivity index (χ0n) is 12.5. The maximum Gasteiger partial charge on any atom is 0.500 e. The number of hydrogen-bond donors (Lipinski definition) is 0. The molecule has 0 N–H and O–H groups in total. The van der Waals surface area contributed by atoms with Gasteiger partial charge in [0.15, 0.2) is 0 Å². The van der Waals surface area contributed by atoms with Crippen molar-refractivity contribution in [1.29, 1.82) is 0 Å². The summed E-state index contributed by atoms with van der Waals surface area (Å²) in [5.74, 6) is 0. The first-order valence-electron chi connectivity index (χ1n) is 6.53. The summed E-state index contributed by atoms with van der Waals surface area (Å²) in [7, 11) is 4.85. The van der Waals surface area contributed by atoms with E-state index in [0.717, 1.165) is 31.9 Å². The molecule has 19 heavy (non-hydrogen) atoms. The molecule has 0 aliphatic carbocycles. The predicted molar refractivity (Wildman–Crippen MR) is 75.9 cm³/mol. The van der Waals surface area contributed by atoms with Gasteiger partial charge in [0.05, 0.1) is 6.54 Å². The van der Waals surface area contributed by atoms with Gasteiger partial charge in [0.2, 0.25) is 6.08 Å². The molecule has 0 saturated carbocycles. The van der Waals surface area contributed by atoms with Crippen LogP contribution in [0.1, 0.15) is 19.3 Å². The van der Waals surface area contributed by atoms with Crippen molar-refractivity contribution in [3.63, 3.8) is 0 Å². The molecule has 0 unspecified atom stereocenters. The Morgan fingerprint density at radius 2 is 1.84 bits per heavy atom. The highest BCUT2D eigenvalue weighted by atomic mass is 28.4. The van der Waals surface area contributed by atoms with Gasteiger partial charge in [-0.1, -0.05) is 0 Å². The number of nitrogens with zero attached hydrogens (tertiary/aromatic N) is 2. The van der Waals surface area contributed by atoms with E-state index in [0.29, 0.717) is 13.2 Å². The molecule has 0 aromatic rings. The molecule has 7 heteroatoms. The number of carbonyl (C=O) groups excluding carboxylic acids is 1. The summed E-state index contributed by atoms with van der Waals surface area (Å²) in [4.78, 5) is 15.5. The predicted octanol–water partition coefficient (Wildman–Crippen LogP) is 1.30. The largest absolute Gasteiger partial charge is 0.500 e. The highest BCUT2D eigenvalue weighted by Gasteiger charge is 2.38. The van der Waals surface area contributed by atoms with Crippen molar-refractivity contribution in [2.45, 2.75) is 25.3 Å². The zero-order valence-corrected chi connectivity index (χ0v) is 13.5. The molecule has 112 valence electrons. The maximum absolute atomic E-state index is 9.90. The van der Waals surface area contributed by atoms with E-state index in [9.17, 15) is 4.79 Å². The number of aliphatic imine (C=N–C) groups is 1. The lowest BCUT2D eigenvalue weighted by molar-refractivity contribution is 0.0955. The molecule has 0 heterocycles. The first-order chi connectivity index (χ1) is 9.10. The van der Waals surface area contributed by atoms with E-state index in [1.807, 2.05) is 14.1 Å². The van der Waals surface area contributed by atoms with E-state index in [2.05, 4.69) is 9.89 Å². The SMILES string of the molecule is CO[Si](CCCN(C)C)(OC)OCCCCN=C=O. The standard InChI is InChI=1S/C12H26N2O4Si/c1-14(2)9-7-11-19(16-3,17-4)18-10-6-5-8-13-12-15/h5-11H2,1-4H3. The van der Waals surface area contributed by atoms with Crippen LogP contribution in [-0.2, 0) is 18.1 Å². The summed E-state index contributed by atoms with van der Waals surface area (Å²) in [6, 6.07) is 0.810. The number of isocyanates is 1. The molecule has 0 rings (SSSR count). The van der Waals surface area contributed by atoms with Crippen LogP contribution in [0.3, 0.4) is 0 Å². The molecule has 0 saturated heterocycles. The molecule has 0 atom stereocenters. The summed E-state index contributed by atoms with van der Waals surface area (Å²) in [6.07, 6.45) is 4.15. The number of hydrogen-bond acceptors (Lipinski definition) is 6. The normalized spacial score (nSPS) is 11.6. The van der Waals surface area contributed by atoms with E-state index in [-0.39, 0.29) is 0 Å². The summed E-state index contributed by atoms with van der Waals surface area (Å²) in [5, 5.41) is 0. The lowest BCUT2D eigenvalue weighted by Gasteiger charge is -2.26. The minimum absolute atomic E-state index is 0.502. The van der Waals surface area contributed by atoms with Gasteiger partial charge in [-0.25, -0.2) is 9.79 Å². The van der Waals surface area contributed by atoms with Gasteiger partial charge in [0, 0.05) is 26.9 Å². The van der Waals surface area contributed by atoms with Crippen LogP contribution in [0.5, 0.6) is 0 Å². The van der Waals surface area contributed by atoms with Crippen LogP contribution in [0.15, 0.2) is 4.99 Å². The molecular weight excluding hydrogens is 264 g/mol. The summed E-state index contributed by atoms with van der Waals surface area (Å²) >= 11 is 0. The summed E-state index contributed by atoms with van der Waals surface area (Å²) in [5.41, 5.74) is 0. The zero-order chi connectivity index (χ0) is 14.6.